The van der Waals surface area contributed by atoms with Crippen molar-refractivity contribution in [1.29, 1.82) is 0 Å². The summed E-state index contributed by atoms with van der Waals surface area (Å²) in [6, 6.07) is 12.7. The van der Waals surface area contributed by atoms with Gasteiger partial charge in [0.05, 0.1) is 23.8 Å². The summed E-state index contributed by atoms with van der Waals surface area (Å²) in [4.78, 5) is 15.5. The summed E-state index contributed by atoms with van der Waals surface area (Å²) in [5.74, 6) is -0.744. The van der Waals surface area contributed by atoms with E-state index in [4.69, 9.17) is 10.5 Å². The van der Waals surface area contributed by atoms with E-state index in [1.165, 1.54) is 30.1 Å². The number of amides is 1. The van der Waals surface area contributed by atoms with Crippen LogP contribution in [0, 0.1) is 5.92 Å². The summed E-state index contributed by atoms with van der Waals surface area (Å²) in [6.07, 6.45) is -1.13. The number of aromatic nitrogens is 2. The number of carbonyl (C=O) groups is 1. The van der Waals surface area contributed by atoms with Gasteiger partial charge in [0.1, 0.15) is 17.1 Å². The normalized spacial score (nSPS) is 12.5. The number of nitrogens with one attached hydrogen (secondary N) is 1. The number of hydrogen-bond donors (Lipinski definition) is 2. The van der Waals surface area contributed by atoms with Crippen LogP contribution in [0.1, 0.15) is 38.3 Å². The fraction of sp³-hybridized carbons (Fsp3) is 0.300. The highest BCUT2D eigenvalue weighted by atomic mass is 32.2. The van der Waals surface area contributed by atoms with Gasteiger partial charge < -0.3 is 20.7 Å². The first kappa shape index (κ1) is 31.7. The molecule has 0 saturated heterocycles. The van der Waals surface area contributed by atoms with Gasteiger partial charge in [0.2, 0.25) is 0 Å². The first-order valence-corrected chi connectivity index (χ1v) is 14.0. The lowest BCUT2D eigenvalue weighted by atomic mass is 10.0. The molecule has 11 heteroatoms. The maximum absolute atomic E-state index is 14.8. The molecule has 218 valence electrons. The number of hydrogen-bond acceptors (Lipinski definition) is 7. The fourth-order valence-corrected chi connectivity index (χ4v) is 4.63. The topological polar surface area (TPSA) is 93.4 Å². The van der Waals surface area contributed by atoms with Crippen LogP contribution in [0.3, 0.4) is 0 Å². The van der Waals surface area contributed by atoms with Gasteiger partial charge in [-0.15, -0.1) is 0 Å². The Morgan fingerprint density at radius 3 is 2.54 bits per heavy atom. The molecule has 0 saturated carbocycles. The van der Waals surface area contributed by atoms with Crippen molar-refractivity contribution in [3.8, 4) is 11.5 Å². The van der Waals surface area contributed by atoms with Crippen molar-refractivity contribution >= 4 is 33.9 Å². The number of benzene rings is 2. The molecule has 0 spiro atoms. The zero-order chi connectivity index (χ0) is 30.0. The summed E-state index contributed by atoms with van der Waals surface area (Å²) < 4.78 is 50.1. The highest BCUT2D eigenvalue weighted by Gasteiger charge is 2.40. The Hall–Kier alpha value is -3.83. The maximum atomic E-state index is 14.8. The van der Waals surface area contributed by atoms with Crippen molar-refractivity contribution in [2.24, 2.45) is 11.7 Å². The molecule has 0 aliphatic carbocycles. The van der Waals surface area contributed by atoms with Gasteiger partial charge in [-0.1, -0.05) is 50.4 Å². The molecule has 7 nitrogen and oxygen atoms in total. The summed E-state index contributed by atoms with van der Waals surface area (Å²) >= 11 is 1.21. The number of halogens is 3. The van der Waals surface area contributed by atoms with Crippen molar-refractivity contribution in [1.82, 2.24) is 10.2 Å². The van der Waals surface area contributed by atoms with Gasteiger partial charge in [-0.25, -0.2) is 0 Å². The number of anilines is 2. The Kier molecular flexibility index (Phi) is 11.4. The minimum atomic E-state index is -4.78. The Bertz CT molecular complexity index is 1350. The van der Waals surface area contributed by atoms with Gasteiger partial charge in [-0.3, -0.25) is 4.79 Å². The third kappa shape index (κ3) is 8.83. The second-order valence-electron chi connectivity index (χ2n) is 9.46. The molecule has 1 atom stereocenters. The molecule has 0 fully saturated rings. The predicted molar refractivity (Wildman–Crippen MR) is 160 cm³/mol. The summed E-state index contributed by atoms with van der Waals surface area (Å²) in [7, 11) is 0. The number of carbonyl (C=O) groups excluding carboxylic acids is 1. The number of nitrogens with two attached hydrogens (primary N) is 1. The Morgan fingerprint density at radius 2 is 1.93 bits per heavy atom. The molecule has 3 N–H and O–H groups in total. The molecule has 0 unspecified atom stereocenters. The second-order valence-corrected chi connectivity index (χ2v) is 10.4. The SMILES string of the molecule is C=C(S/C=C(\C)C(=O)Nc1ccc(Oc2ccccc2)c(C(F)(F)F)c1N(CCC)C[C@H](C)CN)c1ccnnc1. The molecule has 0 radical (unpaired) electrons. The van der Waals surface area contributed by atoms with Gasteiger partial charge >= 0.3 is 6.18 Å². The zero-order valence-electron chi connectivity index (χ0n) is 23.2. The molecule has 1 aromatic heterocycles. The average Bonchev–Trinajstić information content (AvgIpc) is 2.96. The van der Waals surface area contributed by atoms with Crippen LogP contribution in [0.15, 0.2) is 78.5 Å². The second kappa shape index (κ2) is 14.7. The Balaban J connectivity index is 2.05. The lowest BCUT2D eigenvalue weighted by Gasteiger charge is -2.32. The Morgan fingerprint density at radius 1 is 1.20 bits per heavy atom. The van der Waals surface area contributed by atoms with Crippen molar-refractivity contribution in [2.45, 2.75) is 33.4 Å². The molecule has 41 heavy (non-hydrogen) atoms. The fourth-order valence-electron chi connectivity index (χ4n) is 3.95. The molecular weight excluding hydrogens is 551 g/mol. The third-order valence-electron chi connectivity index (χ3n) is 6.03. The van der Waals surface area contributed by atoms with E-state index in [1.54, 1.807) is 59.8 Å². The van der Waals surface area contributed by atoms with Crippen molar-refractivity contribution in [2.75, 3.05) is 29.9 Å². The van der Waals surface area contributed by atoms with Crippen LogP contribution < -0.4 is 20.7 Å². The van der Waals surface area contributed by atoms with Crippen LogP contribution in [0.4, 0.5) is 24.5 Å². The van der Waals surface area contributed by atoms with E-state index in [9.17, 15) is 18.0 Å². The molecule has 3 rings (SSSR count). The first-order chi connectivity index (χ1) is 19.5. The number of para-hydroxylation sites is 1. The minimum absolute atomic E-state index is 0.0234. The Labute approximate surface area is 242 Å². The number of nitrogens with zero attached hydrogens (tertiary/aromatic N) is 3. The van der Waals surface area contributed by atoms with E-state index in [1.807, 2.05) is 13.8 Å². The van der Waals surface area contributed by atoms with E-state index < -0.39 is 17.6 Å². The highest BCUT2D eigenvalue weighted by Crippen LogP contribution is 2.48. The van der Waals surface area contributed by atoms with E-state index in [2.05, 4.69) is 22.1 Å². The smallest absolute Gasteiger partial charge is 0.422 e. The molecule has 3 aromatic rings. The van der Waals surface area contributed by atoms with E-state index in [-0.39, 0.29) is 35.3 Å². The minimum Gasteiger partial charge on any atom is -0.457 e. The quantitative estimate of drug-likeness (QED) is 0.203. The van der Waals surface area contributed by atoms with E-state index in [0.717, 1.165) is 5.56 Å². The van der Waals surface area contributed by atoms with Crippen molar-refractivity contribution < 1.29 is 22.7 Å². The third-order valence-corrected chi connectivity index (χ3v) is 7.02. The van der Waals surface area contributed by atoms with Gasteiger partial charge in [0.15, 0.2) is 0 Å². The standard InChI is InChI=1S/C30H34F3N5O2S/c1-5-15-38(18-20(2)16-34)28-25(37-29(39)21(3)19-41-22(4)23-13-14-35-36-17-23)11-12-26(27(28)30(31,32)33)40-24-9-7-6-8-10-24/h6-14,17,19-20H,4-5,15-16,18,34H2,1-3H3,(H,37,39)/b21-19+/t20-/m1/s1. The number of rotatable bonds is 13. The zero-order valence-corrected chi connectivity index (χ0v) is 24.1. The van der Waals surface area contributed by atoms with Crippen LogP contribution in [0.25, 0.3) is 4.91 Å². The lowest BCUT2D eigenvalue weighted by Crippen LogP contribution is -2.35. The molecule has 0 aliphatic rings. The van der Waals surface area contributed by atoms with Crippen LogP contribution >= 0.6 is 11.8 Å². The molecular formula is C30H34F3N5O2S. The van der Waals surface area contributed by atoms with Crippen LogP contribution in [-0.2, 0) is 11.0 Å². The van der Waals surface area contributed by atoms with Crippen LogP contribution in [-0.4, -0.2) is 35.7 Å². The summed E-state index contributed by atoms with van der Waals surface area (Å²) in [5.41, 5.74) is 5.77. The van der Waals surface area contributed by atoms with Crippen LogP contribution in [0.2, 0.25) is 0 Å². The van der Waals surface area contributed by atoms with E-state index in [0.29, 0.717) is 30.0 Å². The number of alkyl halides is 3. The van der Waals surface area contributed by atoms with Gasteiger partial charge in [0.25, 0.3) is 5.91 Å². The summed E-state index contributed by atoms with van der Waals surface area (Å²) in [5, 5.41) is 11.8. The first-order valence-electron chi connectivity index (χ1n) is 13.1. The number of thioether (sulfide) groups is 1. The lowest BCUT2D eigenvalue weighted by molar-refractivity contribution is -0.138. The van der Waals surface area contributed by atoms with Crippen molar-refractivity contribution in [3.05, 3.63) is 89.6 Å². The van der Waals surface area contributed by atoms with Crippen LogP contribution in [0.5, 0.6) is 11.5 Å². The van der Waals surface area contributed by atoms with Gasteiger partial charge in [-0.2, -0.15) is 23.4 Å². The maximum Gasteiger partial charge on any atom is 0.422 e. The molecule has 1 amide bonds. The van der Waals surface area contributed by atoms with Gasteiger partial charge in [-0.05, 0) is 61.5 Å². The monoisotopic (exact) mass is 585 g/mol. The number of ether oxygens (including phenoxy) is 1. The molecule has 1 heterocycles. The highest BCUT2D eigenvalue weighted by molar-refractivity contribution is 8.10. The molecule has 0 aliphatic heterocycles. The van der Waals surface area contributed by atoms with E-state index >= 15 is 0 Å². The van der Waals surface area contributed by atoms with Crippen molar-refractivity contribution in [3.63, 3.8) is 0 Å². The summed E-state index contributed by atoms with van der Waals surface area (Å²) in [6.45, 7) is 10.2. The van der Waals surface area contributed by atoms with Gasteiger partial charge in [0, 0.05) is 29.1 Å². The predicted octanol–water partition coefficient (Wildman–Crippen LogP) is 7.35. The molecule has 0 bridgehead atoms. The average molecular weight is 586 g/mol. The largest absolute Gasteiger partial charge is 0.457 e. The molecule has 2 aromatic carbocycles.